The van der Waals surface area contributed by atoms with Crippen molar-refractivity contribution < 1.29 is 9.59 Å². The number of para-hydroxylation sites is 1. The van der Waals surface area contributed by atoms with Crippen LogP contribution in [-0.4, -0.2) is 42.3 Å². The SMILES string of the molecule is CC(=O)CN1CCCN2c3ccccc3CC2C1=O. The summed E-state index contributed by atoms with van der Waals surface area (Å²) in [5, 5.41) is 0. The highest BCUT2D eigenvalue weighted by molar-refractivity contribution is 5.91. The van der Waals surface area contributed by atoms with Crippen LogP contribution in [0.25, 0.3) is 0 Å². The second kappa shape index (κ2) is 4.68. The maximum Gasteiger partial charge on any atom is 0.246 e. The van der Waals surface area contributed by atoms with Crippen LogP contribution in [0, 0.1) is 0 Å². The van der Waals surface area contributed by atoms with Crippen LogP contribution in [0.2, 0.25) is 0 Å². The fourth-order valence-electron chi connectivity index (χ4n) is 3.13. The molecule has 4 nitrogen and oxygen atoms in total. The van der Waals surface area contributed by atoms with Gasteiger partial charge in [-0.2, -0.15) is 0 Å². The number of hydrogen-bond acceptors (Lipinski definition) is 3. The molecule has 1 atom stereocenters. The molecule has 100 valence electrons. The van der Waals surface area contributed by atoms with Crippen LogP contribution in [0.1, 0.15) is 18.9 Å². The average molecular weight is 258 g/mol. The standard InChI is InChI=1S/C15H18N2O2/c1-11(18)10-16-7-4-8-17-13-6-3-2-5-12(13)9-14(17)15(16)19/h2-3,5-6,14H,4,7-10H2,1H3. The number of rotatable bonds is 2. The minimum absolute atomic E-state index is 0.0531. The maximum absolute atomic E-state index is 12.6. The third kappa shape index (κ3) is 2.11. The minimum Gasteiger partial charge on any atom is -0.359 e. The largest absolute Gasteiger partial charge is 0.359 e. The molecule has 1 aromatic rings. The number of amides is 1. The quantitative estimate of drug-likeness (QED) is 0.801. The van der Waals surface area contributed by atoms with Crippen LogP contribution in [0.3, 0.4) is 0 Å². The summed E-state index contributed by atoms with van der Waals surface area (Å²) < 4.78 is 0. The van der Waals surface area contributed by atoms with Gasteiger partial charge in [-0.1, -0.05) is 18.2 Å². The van der Waals surface area contributed by atoms with E-state index >= 15 is 0 Å². The summed E-state index contributed by atoms with van der Waals surface area (Å²) in [6.45, 7) is 3.37. The number of ketones is 1. The highest BCUT2D eigenvalue weighted by Gasteiger charge is 2.38. The summed E-state index contributed by atoms with van der Waals surface area (Å²) in [6, 6.07) is 8.10. The van der Waals surface area contributed by atoms with Gasteiger partial charge >= 0.3 is 0 Å². The molecule has 2 aliphatic rings. The van der Waals surface area contributed by atoms with Crippen LogP contribution in [0.15, 0.2) is 24.3 Å². The maximum atomic E-state index is 12.6. The van der Waals surface area contributed by atoms with Gasteiger partial charge in [-0.3, -0.25) is 9.59 Å². The first-order valence-electron chi connectivity index (χ1n) is 6.79. The molecule has 4 heteroatoms. The van der Waals surface area contributed by atoms with Gasteiger partial charge in [0.05, 0.1) is 6.54 Å². The van der Waals surface area contributed by atoms with Crippen molar-refractivity contribution in [1.82, 2.24) is 4.90 Å². The molecule has 1 fully saturated rings. The zero-order valence-corrected chi connectivity index (χ0v) is 11.1. The van der Waals surface area contributed by atoms with E-state index in [2.05, 4.69) is 17.0 Å². The Labute approximate surface area is 113 Å². The highest BCUT2D eigenvalue weighted by atomic mass is 16.2. The van der Waals surface area contributed by atoms with Gasteiger partial charge in [-0.15, -0.1) is 0 Å². The lowest BCUT2D eigenvalue weighted by atomic mass is 10.1. The van der Waals surface area contributed by atoms with Crippen LogP contribution >= 0.6 is 0 Å². The molecule has 0 N–H and O–H groups in total. The molecule has 0 bridgehead atoms. The molecule has 0 saturated carbocycles. The number of fused-ring (bicyclic) bond motifs is 3. The van der Waals surface area contributed by atoms with E-state index in [9.17, 15) is 9.59 Å². The molecule has 0 spiro atoms. The van der Waals surface area contributed by atoms with Crippen molar-refractivity contribution in [2.45, 2.75) is 25.8 Å². The van der Waals surface area contributed by atoms with Gasteiger partial charge in [-0.25, -0.2) is 0 Å². The number of benzene rings is 1. The van der Waals surface area contributed by atoms with Crippen molar-refractivity contribution >= 4 is 17.4 Å². The zero-order chi connectivity index (χ0) is 13.4. The lowest BCUT2D eigenvalue weighted by Gasteiger charge is -2.26. The third-order valence-electron chi connectivity index (χ3n) is 3.93. The first-order valence-corrected chi connectivity index (χ1v) is 6.79. The normalized spacial score (nSPS) is 21.9. The lowest BCUT2D eigenvalue weighted by molar-refractivity contribution is -0.135. The van der Waals surface area contributed by atoms with Crippen molar-refractivity contribution in [3.05, 3.63) is 29.8 Å². The monoisotopic (exact) mass is 258 g/mol. The van der Waals surface area contributed by atoms with E-state index in [4.69, 9.17) is 0 Å². The van der Waals surface area contributed by atoms with Crippen molar-refractivity contribution in [1.29, 1.82) is 0 Å². The Balaban J connectivity index is 1.88. The Morgan fingerprint density at radius 2 is 2.11 bits per heavy atom. The molecule has 1 amide bonds. The van der Waals surface area contributed by atoms with Crippen molar-refractivity contribution in [2.75, 3.05) is 24.5 Å². The Kier molecular flexibility index (Phi) is 3.01. The molecular formula is C15H18N2O2. The molecule has 3 rings (SSSR count). The first kappa shape index (κ1) is 12.2. The van der Waals surface area contributed by atoms with E-state index in [1.807, 2.05) is 12.1 Å². The number of anilines is 1. The van der Waals surface area contributed by atoms with Crippen LogP contribution in [0.4, 0.5) is 5.69 Å². The molecule has 1 saturated heterocycles. The molecule has 19 heavy (non-hydrogen) atoms. The topological polar surface area (TPSA) is 40.6 Å². The number of nitrogens with zero attached hydrogens (tertiary/aromatic N) is 2. The average Bonchev–Trinajstić information content (AvgIpc) is 2.68. The van der Waals surface area contributed by atoms with Gasteiger partial charge in [0, 0.05) is 25.2 Å². The first-order chi connectivity index (χ1) is 9.16. The fraction of sp³-hybridized carbons (Fsp3) is 0.467. The van der Waals surface area contributed by atoms with E-state index in [1.165, 1.54) is 11.3 Å². The molecular weight excluding hydrogens is 240 g/mol. The summed E-state index contributed by atoms with van der Waals surface area (Å²) in [5.74, 6) is 0.154. The Hall–Kier alpha value is -1.84. The minimum atomic E-state index is -0.112. The molecule has 2 aliphatic heterocycles. The Bertz CT molecular complexity index is 527. The van der Waals surface area contributed by atoms with Gasteiger partial charge in [0.15, 0.2) is 0 Å². The number of carbonyl (C=O) groups is 2. The van der Waals surface area contributed by atoms with Gasteiger partial charge in [0.2, 0.25) is 5.91 Å². The predicted octanol–water partition coefficient (Wildman–Crippen LogP) is 1.24. The number of hydrogen-bond donors (Lipinski definition) is 0. The van der Waals surface area contributed by atoms with Crippen molar-refractivity contribution in [3.63, 3.8) is 0 Å². The lowest BCUT2D eigenvalue weighted by Crippen LogP contribution is -2.45. The summed E-state index contributed by atoms with van der Waals surface area (Å²) in [7, 11) is 0. The Morgan fingerprint density at radius 1 is 1.32 bits per heavy atom. The predicted molar refractivity (Wildman–Crippen MR) is 73.2 cm³/mol. The summed E-state index contributed by atoms with van der Waals surface area (Å²) in [6.07, 6.45) is 1.69. The zero-order valence-electron chi connectivity index (χ0n) is 11.1. The van der Waals surface area contributed by atoms with Gasteiger partial charge in [0.1, 0.15) is 11.8 Å². The molecule has 0 radical (unpaired) electrons. The van der Waals surface area contributed by atoms with Crippen LogP contribution < -0.4 is 4.90 Å². The summed E-state index contributed by atoms with van der Waals surface area (Å²) in [5.41, 5.74) is 2.43. The van der Waals surface area contributed by atoms with Gasteiger partial charge < -0.3 is 9.80 Å². The van der Waals surface area contributed by atoms with Crippen LogP contribution in [0.5, 0.6) is 0 Å². The van der Waals surface area contributed by atoms with E-state index < -0.39 is 0 Å². The van der Waals surface area contributed by atoms with Gasteiger partial charge in [-0.05, 0) is 25.0 Å². The van der Waals surface area contributed by atoms with E-state index in [-0.39, 0.29) is 24.3 Å². The van der Waals surface area contributed by atoms with E-state index in [0.717, 1.165) is 19.4 Å². The van der Waals surface area contributed by atoms with E-state index in [1.54, 1.807) is 11.8 Å². The molecule has 1 aromatic carbocycles. The van der Waals surface area contributed by atoms with E-state index in [0.29, 0.717) is 6.54 Å². The second-order valence-corrected chi connectivity index (χ2v) is 5.36. The van der Waals surface area contributed by atoms with Gasteiger partial charge in [0.25, 0.3) is 0 Å². The molecule has 0 aromatic heterocycles. The van der Waals surface area contributed by atoms with Crippen LogP contribution in [-0.2, 0) is 16.0 Å². The number of Topliss-reactive ketones (excluding diaryl/α,β-unsaturated/α-hetero) is 1. The molecule has 0 aliphatic carbocycles. The summed E-state index contributed by atoms with van der Waals surface area (Å²) >= 11 is 0. The van der Waals surface area contributed by atoms with Crippen molar-refractivity contribution in [2.24, 2.45) is 0 Å². The molecule has 2 heterocycles. The van der Waals surface area contributed by atoms with Crippen molar-refractivity contribution in [3.8, 4) is 0 Å². The smallest absolute Gasteiger partial charge is 0.246 e. The molecule has 1 unspecified atom stereocenters. The second-order valence-electron chi connectivity index (χ2n) is 5.36. The fourth-order valence-corrected chi connectivity index (χ4v) is 3.13. The highest BCUT2D eigenvalue weighted by Crippen LogP contribution is 2.34. The third-order valence-corrected chi connectivity index (χ3v) is 3.93. The number of carbonyl (C=O) groups excluding carboxylic acids is 2. The summed E-state index contributed by atoms with van der Waals surface area (Å²) in [4.78, 5) is 27.8. The Morgan fingerprint density at radius 3 is 2.89 bits per heavy atom.